The third-order valence-corrected chi connectivity index (χ3v) is 4.32. The molecular weight excluding hydrogens is 388 g/mol. The number of rotatable bonds is 8. The monoisotopic (exact) mass is 410 g/mol. The molecule has 0 aliphatic heterocycles. The van der Waals surface area contributed by atoms with E-state index in [4.69, 9.17) is 13.9 Å². The zero-order chi connectivity index (χ0) is 18.4. The highest BCUT2D eigenvalue weighted by Gasteiger charge is 2.20. The minimum atomic E-state index is -0.194. The van der Waals surface area contributed by atoms with Gasteiger partial charge in [-0.2, -0.15) is 0 Å². The third kappa shape index (κ3) is 4.76. The van der Waals surface area contributed by atoms with Gasteiger partial charge in [-0.15, -0.1) is 0 Å². The molecule has 1 atom stereocenters. The van der Waals surface area contributed by atoms with E-state index in [-0.39, 0.29) is 11.9 Å². The number of hydrogen-bond donors (Lipinski definition) is 1. The largest absolute Gasteiger partial charge is 0.493 e. The summed E-state index contributed by atoms with van der Waals surface area (Å²) < 4.78 is 17.0. The number of hydrogen-bond acceptors (Lipinski definition) is 5. The van der Waals surface area contributed by atoms with Gasteiger partial charge in [0.2, 0.25) is 0 Å². The summed E-state index contributed by atoms with van der Waals surface area (Å²) in [5.41, 5.74) is 0.490. The molecule has 0 aliphatic rings. The highest BCUT2D eigenvalue weighted by atomic mass is 79.9. The molecule has 1 aromatic heterocycles. The summed E-state index contributed by atoms with van der Waals surface area (Å²) in [4.78, 5) is 14.5. The van der Waals surface area contributed by atoms with Crippen molar-refractivity contribution in [1.82, 2.24) is 10.2 Å². The van der Waals surface area contributed by atoms with Crippen molar-refractivity contribution in [1.29, 1.82) is 0 Å². The second-order valence-electron chi connectivity index (χ2n) is 5.63. The number of nitrogens with one attached hydrogen (secondary N) is 1. The van der Waals surface area contributed by atoms with E-state index in [0.717, 1.165) is 5.76 Å². The lowest BCUT2D eigenvalue weighted by Gasteiger charge is -2.22. The number of furan rings is 1. The summed E-state index contributed by atoms with van der Waals surface area (Å²) in [5, 5.41) is 2.94. The molecular formula is C18H23BrN2O4. The summed E-state index contributed by atoms with van der Waals surface area (Å²) in [6.07, 6.45) is 1.63. The number of likely N-dealkylation sites (N-methyl/N-ethyl adjacent to an activating group) is 1. The quantitative estimate of drug-likeness (QED) is 0.721. The summed E-state index contributed by atoms with van der Waals surface area (Å²) in [6, 6.07) is 7.07. The highest BCUT2D eigenvalue weighted by Crippen LogP contribution is 2.36. The Bertz CT molecular complexity index is 701. The average Bonchev–Trinajstić information content (AvgIpc) is 3.10. The van der Waals surface area contributed by atoms with Gasteiger partial charge in [0, 0.05) is 12.1 Å². The van der Waals surface area contributed by atoms with Crippen molar-refractivity contribution in [2.24, 2.45) is 0 Å². The van der Waals surface area contributed by atoms with Crippen LogP contribution in [0.2, 0.25) is 0 Å². The van der Waals surface area contributed by atoms with Gasteiger partial charge in [-0.05, 0) is 61.2 Å². The fourth-order valence-corrected chi connectivity index (χ4v) is 3.00. The molecule has 0 radical (unpaired) electrons. The Morgan fingerprint density at radius 3 is 2.72 bits per heavy atom. The fourth-order valence-electron chi connectivity index (χ4n) is 2.45. The molecule has 1 unspecified atom stereocenters. The van der Waals surface area contributed by atoms with Crippen molar-refractivity contribution in [2.75, 3.05) is 34.4 Å². The first-order valence-electron chi connectivity index (χ1n) is 7.96. The van der Waals surface area contributed by atoms with Gasteiger partial charge in [0.25, 0.3) is 5.91 Å². The van der Waals surface area contributed by atoms with Gasteiger partial charge in [-0.25, -0.2) is 0 Å². The van der Waals surface area contributed by atoms with Crippen molar-refractivity contribution in [3.05, 3.63) is 46.3 Å². The predicted octanol–water partition coefficient (Wildman–Crippen LogP) is 3.48. The second kappa shape index (κ2) is 8.92. The van der Waals surface area contributed by atoms with Gasteiger partial charge >= 0.3 is 0 Å². The minimum Gasteiger partial charge on any atom is -0.493 e. The molecule has 25 heavy (non-hydrogen) atoms. The first kappa shape index (κ1) is 19.3. The third-order valence-electron chi connectivity index (χ3n) is 3.73. The normalized spacial score (nSPS) is 12.1. The molecule has 136 valence electrons. The summed E-state index contributed by atoms with van der Waals surface area (Å²) in [6.45, 7) is 2.82. The van der Waals surface area contributed by atoms with E-state index < -0.39 is 0 Å². The molecule has 0 saturated carbocycles. The van der Waals surface area contributed by atoms with Crippen LogP contribution in [-0.2, 0) is 0 Å². The van der Waals surface area contributed by atoms with E-state index in [0.29, 0.717) is 34.7 Å². The summed E-state index contributed by atoms with van der Waals surface area (Å²) >= 11 is 3.43. The molecule has 1 amide bonds. The molecule has 1 heterocycles. The van der Waals surface area contributed by atoms with Crippen molar-refractivity contribution >= 4 is 21.8 Å². The molecule has 2 rings (SSSR count). The molecule has 1 N–H and O–H groups in total. The van der Waals surface area contributed by atoms with E-state index in [2.05, 4.69) is 21.2 Å². The first-order valence-corrected chi connectivity index (χ1v) is 8.75. The SMILES string of the molecule is CCOc1c(Br)cc(C(=O)NCC(c2ccco2)N(C)C)cc1OC. The van der Waals surface area contributed by atoms with Crippen LogP contribution >= 0.6 is 15.9 Å². The van der Waals surface area contributed by atoms with Crippen LogP contribution in [0.25, 0.3) is 0 Å². The number of amides is 1. The first-order chi connectivity index (χ1) is 12.0. The lowest BCUT2D eigenvalue weighted by atomic mass is 10.1. The van der Waals surface area contributed by atoms with E-state index in [1.54, 1.807) is 25.5 Å². The second-order valence-corrected chi connectivity index (χ2v) is 6.48. The Morgan fingerprint density at radius 2 is 2.16 bits per heavy atom. The lowest BCUT2D eigenvalue weighted by molar-refractivity contribution is 0.0938. The van der Waals surface area contributed by atoms with Gasteiger partial charge < -0.3 is 19.2 Å². The molecule has 0 fully saturated rings. The van der Waals surface area contributed by atoms with Crippen molar-refractivity contribution in [3.63, 3.8) is 0 Å². The maximum atomic E-state index is 12.6. The smallest absolute Gasteiger partial charge is 0.251 e. The van der Waals surface area contributed by atoms with Crippen LogP contribution in [0.1, 0.15) is 29.1 Å². The molecule has 0 spiro atoms. The van der Waals surface area contributed by atoms with E-state index in [9.17, 15) is 4.79 Å². The number of carbonyl (C=O) groups excluding carboxylic acids is 1. The maximum absolute atomic E-state index is 12.6. The average molecular weight is 411 g/mol. The van der Waals surface area contributed by atoms with Crippen molar-refractivity contribution in [2.45, 2.75) is 13.0 Å². The van der Waals surface area contributed by atoms with Gasteiger partial charge in [-0.3, -0.25) is 9.69 Å². The summed E-state index contributed by atoms with van der Waals surface area (Å²) in [5.74, 6) is 1.70. The van der Waals surface area contributed by atoms with E-state index in [1.807, 2.05) is 38.1 Å². The van der Waals surface area contributed by atoms with Gasteiger partial charge in [0.15, 0.2) is 11.5 Å². The van der Waals surface area contributed by atoms with E-state index >= 15 is 0 Å². The predicted molar refractivity (Wildman–Crippen MR) is 99.3 cm³/mol. The van der Waals surface area contributed by atoms with Gasteiger partial charge in [0.1, 0.15) is 5.76 Å². The fraction of sp³-hybridized carbons (Fsp3) is 0.389. The highest BCUT2D eigenvalue weighted by molar-refractivity contribution is 9.10. The van der Waals surface area contributed by atoms with Gasteiger partial charge in [-0.1, -0.05) is 0 Å². The maximum Gasteiger partial charge on any atom is 0.251 e. The van der Waals surface area contributed by atoms with Crippen LogP contribution in [0.15, 0.2) is 39.4 Å². The zero-order valence-corrected chi connectivity index (χ0v) is 16.4. The van der Waals surface area contributed by atoms with Crippen LogP contribution in [0.3, 0.4) is 0 Å². The zero-order valence-electron chi connectivity index (χ0n) is 14.8. The molecule has 0 bridgehead atoms. The number of ether oxygens (including phenoxy) is 2. The molecule has 7 heteroatoms. The number of carbonyl (C=O) groups is 1. The van der Waals surface area contributed by atoms with Crippen LogP contribution in [-0.4, -0.2) is 45.2 Å². The Labute approximate surface area is 156 Å². The van der Waals surface area contributed by atoms with Crippen LogP contribution in [0.4, 0.5) is 0 Å². The Morgan fingerprint density at radius 1 is 1.40 bits per heavy atom. The molecule has 0 aliphatic carbocycles. The molecule has 0 saturated heterocycles. The molecule has 6 nitrogen and oxygen atoms in total. The Kier molecular flexibility index (Phi) is 6.90. The van der Waals surface area contributed by atoms with Gasteiger partial charge in [0.05, 0.1) is 30.5 Å². The minimum absolute atomic E-state index is 0.0491. The summed E-state index contributed by atoms with van der Waals surface area (Å²) in [7, 11) is 5.43. The Balaban J connectivity index is 2.13. The number of halogens is 1. The van der Waals surface area contributed by atoms with Crippen molar-refractivity contribution in [3.8, 4) is 11.5 Å². The number of methoxy groups -OCH3 is 1. The van der Waals surface area contributed by atoms with Crippen LogP contribution in [0.5, 0.6) is 11.5 Å². The topological polar surface area (TPSA) is 63.9 Å². The standard InChI is InChI=1S/C18H23BrN2O4/c1-5-24-17-13(19)9-12(10-16(17)23-4)18(22)20-11-14(21(2)3)15-7-6-8-25-15/h6-10,14H,5,11H2,1-4H3,(H,20,22). The van der Waals surface area contributed by atoms with E-state index in [1.165, 1.54) is 0 Å². The number of benzene rings is 1. The van der Waals surface area contributed by atoms with Crippen LogP contribution in [0, 0.1) is 0 Å². The van der Waals surface area contributed by atoms with Crippen molar-refractivity contribution < 1.29 is 18.7 Å². The number of nitrogens with zero attached hydrogens (tertiary/aromatic N) is 1. The Hall–Kier alpha value is -1.99. The lowest BCUT2D eigenvalue weighted by Crippen LogP contribution is -2.34. The molecule has 1 aromatic carbocycles. The molecule has 2 aromatic rings. The van der Waals surface area contributed by atoms with Crippen LogP contribution < -0.4 is 14.8 Å².